The van der Waals surface area contributed by atoms with Gasteiger partial charge in [0, 0.05) is 25.4 Å². The normalized spacial score (nSPS) is 18.5. The van der Waals surface area contributed by atoms with Crippen LogP contribution in [-0.2, 0) is 11.2 Å². The van der Waals surface area contributed by atoms with Crippen molar-refractivity contribution in [1.82, 2.24) is 4.90 Å². The number of aryl methyl sites for hydroxylation is 1. The standard InChI is InChI=1S/C19H21F2NO3/c20-14-6-7-16(21)13(11-14)5-8-19(24)22-9-1-3-15(22)12-17(23)18-4-2-10-25-18/h2,4,6-7,10-11,15,17,23H,1,3,5,8-9,12H2. The molecular weight excluding hydrogens is 328 g/mol. The van der Waals surface area contributed by atoms with E-state index in [0.717, 1.165) is 31.0 Å². The number of carbonyl (C=O) groups excluding carboxylic acids is 1. The van der Waals surface area contributed by atoms with Gasteiger partial charge < -0.3 is 14.4 Å². The van der Waals surface area contributed by atoms with Crippen molar-refractivity contribution in [3.8, 4) is 0 Å². The van der Waals surface area contributed by atoms with Crippen molar-refractivity contribution in [3.63, 3.8) is 0 Å². The maximum Gasteiger partial charge on any atom is 0.223 e. The second-order valence-electron chi connectivity index (χ2n) is 6.39. The lowest BCUT2D eigenvalue weighted by atomic mass is 10.0. The number of aliphatic hydroxyl groups is 1. The van der Waals surface area contributed by atoms with Gasteiger partial charge in [-0.3, -0.25) is 4.79 Å². The van der Waals surface area contributed by atoms with E-state index in [1.165, 1.54) is 6.26 Å². The number of rotatable bonds is 6. The van der Waals surface area contributed by atoms with Crippen LogP contribution < -0.4 is 0 Å². The van der Waals surface area contributed by atoms with Crippen LogP contribution in [0.5, 0.6) is 0 Å². The Kier molecular flexibility index (Phi) is 5.48. The van der Waals surface area contributed by atoms with E-state index in [1.54, 1.807) is 17.0 Å². The lowest BCUT2D eigenvalue weighted by Crippen LogP contribution is -2.36. The molecule has 1 N–H and O–H groups in total. The van der Waals surface area contributed by atoms with Gasteiger partial charge in [-0.15, -0.1) is 0 Å². The summed E-state index contributed by atoms with van der Waals surface area (Å²) in [5, 5.41) is 10.2. The summed E-state index contributed by atoms with van der Waals surface area (Å²) < 4.78 is 32.1. The Bertz CT molecular complexity index is 717. The molecule has 1 amide bonds. The Morgan fingerprint density at radius 3 is 2.96 bits per heavy atom. The zero-order chi connectivity index (χ0) is 17.8. The first-order valence-corrected chi connectivity index (χ1v) is 8.49. The summed E-state index contributed by atoms with van der Waals surface area (Å²) >= 11 is 0. The zero-order valence-electron chi connectivity index (χ0n) is 13.8. The third-order valence-corrected chi connectivity index (χ3v) is 4.68. The van der Waals surface area contributed by atoms with E-state index in [4.69, 9.17) is 4.42 Å². The van der Waals surface area contributed by atoms with Gasteiger partial charge in [-0.25, -0.2) is 8.78 Å². The minimum Gasteiger partial charge on any atom is -0.467 e. The van der Waals surface area contributed by atoms with Crippen molar-refractivity contribution in [2.24, 2.45) is 0 Å². The van der Waals surface area contributed by atoms with Crippen molar-refractivity contribution in [2.75, 3.05) is 6.54 Å². The maximum atomic E-state index is 13.7. The van der Waals surface area contributed by atoms with E-state index in [1.807, 2.05) is 0 Å². The molecule has 2 aromatic rings. The molecule has 1 aromatic carbocycles. The fourth-order valence-electron chi connectivity index (χ4n) is 3.38. The van der Waals surface area contributed by atoms with Crippen molar-refractivity contribution >= 4 is 5.91 Å². The number of hydrogen-bond donors (Lipinski definition) is 1. The SMILES string of the molecule is O=C(CCc1cc(F)ccc1F)N1CCCC1CC(O)c1ccco1. The van der Waals surface area contributed by atoms with Crippen molar-refractivity contribution < 1.29 is 23.1 Å². The molecule has 2 heterocycles. The van der Waals surface area contributed by atoms with Crippen LogP contribution in [0.2, 0.25) is 0 Å². The van der Waals surface area contributed by atoms with Crippen LogP contribution in [0.3, 0.4) is 0 Å². The topological polar surface area (TPSA) is 53.7 Å². The highest BCUT2D eigenvalue weighted by atomic mass is 19.1. The summed E-state index contributed by atoms with van der Waals surface area (Å²) in [4.78, 5) is 14.2. The average molecular weight is 349 g/mol. The van der Waals surface area contributed by atoms with Gasteiger partial charge in [0.1, 0.15) is 23.5 Å². The predicted molar refractivity (Wildman–Crippen MR) is 87.7 cm³/mol. The van der Waals surface area contributed by atoms with E-state index in [-0.39, 0.29) is 30.4 Å². The molecule has 2 unspecified atom stereocenters. The van der Waals surface area contributed by atoms with Crippen LogP contribution in [0.1, 0.15) is 43.1 Å². The zero-order valence-corrected chi connectivity index (χ0v) is 13.8. The fraction of sp³-hybridized carbons (Fsp3) is 0.421. The second-order valence-corrected chi connectivity index (χ2v) is 6.39. The maximum absolute atomic E-state index is 13.7. The molecule has 25 heavy (non-hydrogen) atoms. The molecule has 0 bridgehead atoms. The van der Waals surface area contributed by atoms with Gasteiger partial charge in [-0.05, 0) is 55.2 Å². The Labute approximate surface area is 145 Å². The highest BCUT2D eigenvalue weighted by molar-refractivity contribution is 5.77. The molecular formula is C19H21F2NO3. The summed E-state index contributed by atoms with van der Waals surface area (Å²) in [6.07, 6.45) is 3.12. The van der Waals surface area contributed by atoms with Gasteiger partial charge in [0.2, 0.25) is 5.91 Å². The van der Waals surface area contributed by atoms with Crippen LogP contribution in [0.25, 0.3) is 0 Å². The molecule has 2 atom stereocenters. The summed E-state index contributed by atoms with van der Waals surface area (Å²) in [5.41, 5.74) is 0.208. The van der Waals surface area contributed by atoms with E-state index in [0.29, 0.717) is 18.7 Å². The number of aliphatic hydroxyl groups excluding tert-OH is 1. The molecule has 1 saturated heterocycles. The first-order chi connectivity index (χ1) is 12.0. The van der Waals surface area contributed by atoms with Gasteiger partial charge in [0.15, 0.2) is 0 Å². The lowest BCUT2D eigenvalue weighted by Gasteiger charge is -2.26. The summed E-state index contributed by atoms with van der Waals surface area (Å²) in [6.45, 7) is 0.625. The molecule has 1 fully saturated rings. The number of hydrogen-bond acceptors (Lipinski definition) is 3. The molecule has 6 heteroatoms. The molecule has 4 nitrogen and oxygen atoms in total. The van der Waals surface area contributed by atoms with Gasteiger partial charge in [-0.2, -0.15) is 0 Å². The summed E-state index contributed by atoms with van der Waals surface area (Å²) in [7, 11) is 0. The number of nitrogens with zero attached hydrogens (tertiary/aromatic N) is 1. The minimum absolute atomic E-state index is 0.0649. The number of furan rings is 1. The van der Waals surface area contributed by atoms with Gasteiger partial charge >= 0.3 is 0 Å². The largest absolute Gasteiger partial charge is 0.467 e. The number of likely N-dealkylation sites (tertiary alicyclic amines) is 1. The summed E-state index contributed by atoms with van der Waals surface area (Å²) in [5.74, 6) is -0.621. The molecule has 1 aliphatic rings. The van der Waals surface area contributed by atoms with Gasteiger partial charge in [0.25, 0.3) is 0 Å². The van der Waals surface area contributed by atoms with Crippen LogP contribution >= 0.6 is 0 Å². The monoisotopic (exact) mass is 349 g/mol. The van der Waals surface area contributed by atoms with Crippen LogP contribution in [0, 0.1) is 11.6 Å². The van der Waals surface area contributed by atoms with Crippen molar-refractivity contribution in [1.29, 1.82) is 0 Å². The molecule has 0 spiro atoms. The Hall–Kier alpha value is -2.21. The second kappa shape index (κ2) is 7.78. The fourth-order valence-corrected chi connectivity index (χ4v) is 3.38. The first-order valence-electron chi connectivity index (χ1n) is 8.49. The smallest absolute Gasteiger partial charge is 0.223 e. The van der Waals surface area contributed by atoms with Crippen molar-refractivity contribution in [3.05, 3.63) is 59.6 Å². The number of amides is 1. The molecule has 0 radical (unpaired) electrons. The highest BCUT2D eigenvalue weighted by Gasteiger charge is 2.31. The van der Waals surface area contributed by atoms with Crippen LogP contribution in [0.4, 0.5) is 8.78 Å². The third-order valence-electron chi connectivity index (χ3n) is 4.68. The summed E-state index contributed by atoms with van der Waals surface area (Å²) in [6, 6.07) is 6.62. The van der Waals surface area contributed by atoms with Gasteiger partial charge in [-0.1, -0.05) is 0 Å². The molecule has 3 rings (SSSR count). The molecule has 0 aliphatic carbocycles. The first kappa shape index (κ1) is 17.6. The number of benzene rings is 1. The number of carbonyl (C=O) groups is 1. The molecule has 134 valence electrons. The van der Waals surface area contributed by atoms with Crippen LogP contribution in [-0.4, -0.2) is 28.5 Å². The van der Waals surface area contributed by atoms with E-state index >= 15 is 0 Å². The van der Waals surface area contributed by atoms with E-state index in [9.17, 15) is 18.7 Å². The number of halogens is 2. The lowest BCUT2D eigenvalue weighted by molar-refractivity contribution is -0.132. The van der Waals surface area contributed by atoms with E-state index in [2.05, 4.69) is 0 Å². The Morgan fingerprint density at radius 2 is 2.20 bits per heavy atom. The van der Waals surface area contributed by atoms with Crippen LogP contribution in [0.15, 0.2) is 41.0 Å². The molecule has 1 aromatic heterocycles. The third kappa shape index (κ3) is 4.25. The van der Waals surface area contributed by atoms with Gasteiger partial charge in [0.05, 0.1) is 6.26 Å². The minimum atomic E-state index is -0.755. The Morgan fingerprint density at radius 1 is 1.36 bits per heavy atom. The average Bonchev–Trinajstić information content (AvgIpc) is 3.27. The van der Waals surface area contributed by atoms with E-state index < -0.39 is 17.7 Å². The van der Waals surface area contributed by atoms with Crippen molar-refractivity contribution in [2.45, 2.75) is 44.2 Å². The predicted octanol–water partition coefficient (Wildman–Crippen LogP) is 3.61. The quantitative estimate of drug-likeness (QED) is 0.867. The Balaban J connectivity index is 1.58. The highest BCUT2D eigenvalue weighted by Crippen LogP contribution is 2.28. The molecule has 1 aliphatic heterocycles. The molecule has 0 saturated carbocycles.